The van der Waals surface area contributed by atoms with Crippen LogP contribution < -0.4 is 10.5 Å². The molecule has 1 heterocycles. The molecule has 1 aliphatic rings. The van der Waals surface area contributed by atoms with Gasteiger partial charge in [0.2, 0.25) is 5.91 Å². The molecular weight excluding hydrogens is 340 g/mol. The Balaban J connectivity index is 2.12. The van der Waals surface area contributed by atoms with E-state index in [4.69, 9.17) is 22.1 Å². The van der Waals surface area contributed by atoms with Gasteiger partial charge in [0.05, 0.1) is 19.0 Å². The highest BCUT2D eigenvalue weighted by Crippen LogP contribution is 2.36. The maximum atomic E-state index is 11.5. The number of nitrogens with two attached hydrogens (primary N) is 1. The number of aliphatic hydroxyl groups is 1. The summed E-state index contributed by atoms with van der Waals surface area (Å²) in [5, 5.41) is 12.5. The summed E-state index contributed by atoms with van der Waals surface area (Å²) in [4.78, 5) is 11.5. The maximum Gasteiger partial charge on any atom is 0.221 e. The number of halogens is 1. The number of amides is 1. The summed E-state index contributed by atoms with van der Waals surface area (Å²) in [5.41, 5.74) is 7.90. The number of aromatic nitrogens is 1. The lowest BCUT2D eigenvalue weighted by Gasteiger charge is -2.24. The third kappa shape index (κ3) is 3.30. The van der Waals surface area contributed by atoms with Crippen LogP contribution in [-0.2, 0) is 11.2 Å². The van der Waals surface area contributed by atoms with Gasteiger partial charge in [-0.3, -0.25) is 4.79 Å². The SMILES string of the molecule is COc1ccc2c(c1)c(CC(N)=O)c(C)n2[C@@H](O)[C@H]1C=CC(Cl)=CC1. The molecule has 0 fully saturated rings. The molecule has 0 aliphatic heterocycles. The summed E-state index contributed by atoms with van der Waals surface area (Å²) in [5.74, 6) is 0.184. The van der Waals surface area contributed by atoms with Crippen LogP contribution in [0, 0.1) is 12.8 Å². The topological polar surface area (TPSA) is 77.5 Å². The molecule has 1 aromatic carbocycles. The first-order chi connectivity index (χ1) is 11.9. The van der Waals surface area contributed by atoms with E-state index in [1.165, 1.54) is 0 Å². The molecule has 3 rings (SSSR count). The number of primary amides is 1. The second-order valence-corrected chi connectivity index (χ2v) is 6.66. The molecular formula is C19H21ClN2O3. The highest BCUT2D eigenvalue weighted by molar-refractivity contribution is 6.31. The average Bonchev–Trinajstić information content (AvgIpc) is 2.86. The van der Waals surface area contributed by atoms with Crippen LogP contribution >= 0.6 is 11.6 Å². The van der Waals surface area contributed by atoms with Crippen LogP contribution in [-0.4, -0.2) is 22.7 Å². The van der Waals surface area contributed by atoms with Gasteiger partial charge in [-0.25, -0.2) is 0 Å². The van der Waals surface area contributed by atoms with Gasteiger partial charge in [-0.15, -0.1) is 0 Å². The van der Waals surface area contributed by atoms with Crippen molar-refractivity contribution in [2.45, 2.75) is 26.0 Å². The van der Waals surface area contributed by atoms with E-state index in [-0.39, 0.29) is 12.3 Å². The molecule has 0 radical (unpaired) electrons. The number of hydrogen-bond donors (Lipinski definition) is 2. The van der Waals surface area contributed by atoms with Crippen molar-refractivity contribution in [1.29, 1.82) is 0 Å². The van der Waals surface area contributed by atoms with Crippen molar-refractivity contribution in [2.75, 3.05) is 7.11 Å². The van der Waals surface area contributed by atoms with E-state index in [0.717, 1.165) is 22.2 Å². The highest BCUT2D eigenvalue weighted by atomic mass is 35.5. The minimum atomic E-state index is -0.769. The summed E-state index contributed by atoms with van der Waals surface area (Å²) in [6, 6.07) is 5.61. The molecule has 1 amide bonds. The minimum absolute atomic E-state index is 0.0969. The molecule has 1 aromatic heterocycles. The second-order valence-electron chi connectivity index (χ2n) is 6.22. The monoisotopic (exact) mass is 360 g/mol. The second kappa shape index (κ2) is 6.94. The molecule has 0 bridgehead atoms. The van der Waals surface area contributed by atoms with E-state index in [2.05, 4.69) is 0 Å². The molecule has 0 spiro atoms. The zero-order chi connectivity index (χ0) is 18.1. The normalized spacial score (nSPS) is 18.2. The van der Waals surface area contributed by atoms with E-state index in [1.807, 2.05) is 41.8 Å². The summed E-state index contributed by atoms with van der Waals surface area (Å²) >= 11 is 5.97. The summed E-state index contributed by atoms with van der Waals surface area (Å²) in [6.45, 7) is 1.89. The van der Waals surface area contributed by atoms with Gasteiger partial charge in [0.1, 0.15) is 12.0 Å². The smallest absolute Gasteiger partial charge is 0.221 e. The van der Waals surface area contributed by atoms with E-state index in [9.17, 15) is 9.90 Å². The summed E-state index contributed by atoms with van der Waals surface area (Å²) in [6.07, 6.45) is 5.60. The minimum Gasteiger partial charge on any atom is -0.497 e. The standard InChI is InChI=1S/C19H21ClN2O3/c1-11-15(10-18(21)23)16-9-14(25-2)7-8-17(16)22(11)19(24)12-3-5-13(20)6-4-12/h3,5-9,12,19,24H,4,10H2,1-2H3,(H2,21,23)/t12-,19-/m0/s1. The van der Waals surface area contributed by atoms with E-state index < -0.39 is 12.1 Å². The quantitative estimate of drug-likeness (QED) is 0.859. The Labute approximate surface area is 151 Å². The summed E-state index contributed by atoms with van der Waals surface area (Å²) < 4.78 is 7.15. The molecule has 2 aromatic rings. The Morgan fingerprint density at radius 3 is 2.88 bits per heavy atom. The lowest BCUT2D eigenvalue weighted by molar-refractivity contribution is -0.117. The molecule has 0 unspecified atom stereocenters. The molecule has 25 heavy (non-hydrogen) atoms. The number of allylic oxidation sites excluding steroid dienone is 3. The molecule has 2 atom stereocenters. The summed E-state index contributed by atoms with van der Waals surface area (Å²) in [7, 11) is 1.59. The fraction of sp³-hybridized carbons (Fsp3) is 0.316. The van der Waals surface area contributed by atoms with Crippen LogP contribution in [0.1, 0.15) is 23.9 Å². The maximum absolute atomic E-state index is 11.5. The van der Waals surface area contributed by atoms with Gasteiger partial charge in [0, 0.05) is 22.0 Å². The predicted molar refractivity (Wildman–Crippen MR) is 98.6 cm³/mol. The molecule has 6 heteroatoms. The van der Waals surface area contributed by atoms with Crippen molar-refractivity contribution in [3.05, 3.63) is 52.7 Å². The van der Waals surface area contributed by atoms with Gasteiger partial charge in [0.15, 0.2) is 0 Å². The Morgan fingerprint density at radius 1 is 1.52 bits per heavy atom. The Bertz CT molecular complexity index is 882. The van der Waals surface area contributed by atoms with Gasteiger partial charge in [0.25, 0.3) is 0 Å². The Hall–Kier alpha value is -2.24. The Morgan fingerprint density at radius 2 is 2.28 bits per heavy atom. The lowest BCUT2D eigenvalue weighted by Crippen LogP contribution is -2.20. The number of nitrogens with zero attached hydrogens (tertiary/aromatic N) is 1. The predicted octanol–water partition coefficient (Wildman–Crippen LogP) is 3.18. The van der Waals surface area contributed by atoms with Crippen molar-refractivity contribution >= 4 is 28.4 Å². The number of methoxy groups -OCH3 is 1. The number of aliphatic hydroxyl groups excluding tert-OH is 1. The van der Waals surface area contributed by atoms with Gasteiger partial charge < -0.3 is 20.1 Å². The fourth-order valence-corrected chi connectivity index (χ4v) is 3.54. The molecule has 0 saturated carbocycles. The van der Waals surface area contributed by atoms with Crippen molar-refractivity contribution in [2.24, 2.45) is 11.7 Å². The molecule has 5 nitrogen and oxygen atoms in total. The fourth-order valence-electron chi connectivity index (χ4n) is 3.38. The van der Waals surface area contributed by atoms with Crippen molar-refractivity contribution in [3.63, 3.8) is 0 Å². The van der Waals surface area contributed by atoms with Gasteiger partial charge in [-0.2, -0.15) is 0 Å². The third-order valence-corrected chi connectivity index (χ3v) is 4.95. The number of rotatable bonds is 5. The first kappa shape index (κ1) is 17.6. The number of carbonyl (C=O) groups excluding carboxylic acids is 1. The zero-order valence-electron chi connectivity index (χ0n) is 14.2. The average molecular weight is 361 g/mol. The number of carbonyl (C=O) groups is 1. The van der Waals surface area contributed by atoms with Crippen LogP contribution in [0.3, 0.4) is 0 Å². The lowest BCUT2D eigenvalue weighted by atomic mass is 9.98. The Kier molecular flexibility index (Phi) is 4.88. The van der Waals surface area contributed by atoms with Crippen LogP contribution in [0.25, 0.3) is 10.9 Å². The first-order valence-electron chi connectivity index (χ1n) is 8.10. The molecule has 1 aliphatic carbocycles. The van der Waals surface area contributed by atoms with Crippen LogP contribution in [0.4, 0.5) is 0 Å². The van der Waals surface area contributed by atoms with Crippen LogP contribution in [0.5, 0.6) is 5.75 Å². The largest absolute Gasteiger partial charge is 0.497 e. The van der Waals surface area contributed by atoms with E-state index in [1.54, 1.807) is 13.2 Å². The molecule has 132 valence electrons. The van der Waals surface area contributed by atoms with Crippen LogP contribution in [0.2, 0.25) is 0 Å². The third-order valence-electron chi connectivity index (χ3n) is 4.67. The van der Waals surface area contributed by atoms with Gasteiger partial charge >= 0.3 is 0 Å². The number of benzene rings is 1. The van der Waals surface area contributed by atoms with Crippen molar-refractivity contribution < 1.29 is 14.6 Å². The first-order valence-corrected chi connectivity index (χ1v) is 8.47. The van der Waals surface area contributed by atoms with Crippen molar-refractivity contribution in [1.82, 2.24) is 4.57 Å². The number of fused-ring (bicyclic) bond motifs is 1. The van der Waals surface area contributed by atoms with E-state index >= 15 is 0 Å². The van der Waals surface area contributed by atoms with E-state index in [0.29, 0.717) is 17.2 Å². The number of ether oxygens (including phenoxy) is 1. The zero-order valence-corrected chi connectivity index (χ0v) is 15.0. The van der Waals surface area contributed by atoms with Crippen LogP contribution in [0.15, 0.2) is 41.5 Å². The molecule has 3 N–H and O–H groups in total. The van der Waals surface area contributed by atoms with Gasteiger partial charge in [-0.05, 0) is 43.2 Å². The van der Waals surface area contributed by atoms with Crippen molar-refractivity contribution in [3.8, 4) is 5.75 Å². The number of hydrogen-bond acceptors (Lipinski definition) is 3. The molecule has 0 saturated heterocycles. The highest BCUT2D eigenvalue weighted by Gasteiger charge is 2.25. The van der Waals surface area contributed by atoms with Gasteiger partial charge in [-0.1, -0.05) is 23.8 Å².